The summed E-state index contributed by atoms with van der Waals surface area (Å²) in [5.41, 5.74) is 0. The predicted octanol–water partition coefficient (Wildman–Crippen LogP) is 5.27. The van der Waals surface area contributed by atoms with Gasteiger partial charge in [0.1, 0.15) is 0 Å². The zero-order chi connectivity index (χ0) is 15.8. The smallest absolute Gasteiger partial charge is 0.249 e. The van der Waals surface area contributed by atoms with E-state index in [2.05, 4.69) is 46.9 Å². The van der Waals surface area contributed by atoms with Crippen LogP contribution in [0.25, 0.3) is 0 Å². The molecule has 0 aromatic heterocycles. The highest BCUT2D eigenvalue weighted by molar-refractivity contribution is 6.74. The molecule has 0 aromatic rings. The summed E-state index contributed by atoms with van der Waals surface area (Å²) in [5.74, 6) is 0.0812. The maximum absolute atomic E-state index is 10.0. The SMILES string of the molecule is CCCC/C=C/[C@H](O)[C@H](C)/C=C/O[Si](C)(C)C(C)(C)C. The van der Waals surface area contributed by atoms with Crippen LogP contribution in [0.3, 0.4) is 0 Å². The highest BCUT2D eigenvalue weighted by atomic mass is 28.4. The minimum Gasteiger partial charge on any atom is -0.549 e. The van der Waals surface area contributed by atoms with Crippen molar-refractivity contribution in [3.05, 3.63) is 24.5 Å². The van der Waals surface area contributed by atoms with Crippen molar-refractivity contribution in [2.75, 3.05) is 0 Å². The molecule has 20 heavy (non-hydrogen) atoms. The Kier molecular flexibility index (Phi) is 8.44. The van der Waals surface area contributed by atoms with Crippen molar-refractivity contribution < 1.29 is 9.53 Å². The summed E-state index contributed by atoms with van der Waals surface area (Å²) in [6.07, 6.45) is 10.7. The predicted molar refractivity (Wildman–Crippen MR) is 91.3 cm³/mol. The van der Waals surface area contributed by atoms with E-state index in [0.717, 1.165) is 6.42 Å². The van der Waals surface area contributed by atoms with Crippen LogP contribution in [0.15, 0.2) is 24.5 Å². The van der Waals surface area contributed by atoms with E-state index in [1.807, 2.05) is 19.1 Å². The minimum absolute atomic E-state index is 0.0812. The molecule has 0 fully saturated rings. The highest BCUT2D eigenvalue weighted by Crippen LogP contribution is 2.36. The van der Waals surface area contributed by atoms with Crippen molar-refractivity contribution in [1.29, 1.82) is 0 Å². The van der Waals surface area contributed by atoms with Crippen LogP contribution in [-0.4, -0.2) is 19.5 Å². The first-order valence-corrected chi connectivity index (χ1v) is 10.7. The molecule has 1 N–H and O–H groups in total. The van der Waals surface area contributed by atoms with Crippen LogP contribution in [-0.2, 0) is 4.43 Å². The van der Waals surface area contributed by atoms with E-state index in [1.165, 1.54) is 12.8 Å². The van der Waals surface area contributed by atoms with Gasteiger partial charge < -0.3 is 9.53 Å². The van der Waals surface area contributed by atoms with Gasteiger partial charge in [-0.1, -0.05) is 59.6 Å². The lowest BCUT2D eigenvalue weighted by Gasteiger charge is -2.35. The molecule has 0 aliphatic rings. The van der Waals surface area contributed by atoms with Crippen LogP contribution in [0.2, 0.25) is 18.1 Å². The van der Waals surface area contributed by atoms with Gasteiger partial charge in [-0.2, -0.15) is 0 Å². The minimum atomic E-state index is -1.73. The summed E-state index contributed by atoms with van der Waals surface area (Å²) >= 11 is 0. The summed E-state index contributed by atoms with van der Waals surface area (Å²) in [6.45, 7) is 15.3. The average Bonchev–Trinajstić information content (AvgIpc) is 2.32. The average molecular weight is 299 g/mol. The third-order valence-corrected chi connectivity index (χ3v) is 8.48. The van der Waals surface area contributed by atoms with E-state index >= 15 is 0 Å². The second-order valence-electron chi connectivity index (χ2n) is 7.13. The van der Waals surface area contributed by atoms with Gasteiger partial charge in [0.25, 0.3) is 0 Å². The molecule has 0 aromatic carbocycles. The standard InChI is InChI=1S/C17H34O2Si/c1-8-9-10-11-12-16(18)15(2)13-14-19-20(6,7)17(3,4)5/h11-16,18H,8-10H2,1-7H3/b12-11+,14-13+/t15-,16+/m1/s1. The van der Waals surface area contributed by atoms with Crippen LogP contribution in [0.5, 0.6) is 0 Å². The molecule has 0 rings (SSSR count). The van der Waals surface area contributed by atoms with E-state index in [-0.39, 0.29) is 11.0 Å². The van der Waals surface area contributed by atoms with Gasteiger partial charge in [-0.05, 0) is 30.6 Å². The van der Waals surface area contributed by atoms with Gasteiger partial charge in [0.05, 0.1) is 12.4 Å². The van der Waals surface area contributed by atoms with Gasteiger partial charge in [0.15, 0.2) is 0 Å². The first-order chi connectivity index (χ1) is 9.12. The Morgan fingerprint density at radius 2 is 1.80 bits per heavy atom. The fourth-order valence-electron chi connectivity index (χ4n) is 1.36. The van der Waals surface area contributed by atoms with E-state index in [9.17, 15) is 5.11 Å². The van der Waals surface area contributed by atoms with Crippen molar-refractivity contribution >= 4 is 8.32 Å². The molecule has 0 unspecified atom stereocenters. The second kappa shape index (κ2) is 8.68. The Morgan fingerprint density at radius 3 is 2.30 bits per heavy atom. The lowest BCUT2D eigenvalue weighted by molar-refractivity contribution is 0.183. The molecule has 0 aliphatic carbocycles. The van der Waals surface area contributed by atoms with Gasteiger partial charge in [0.2, 0.25) is 8.32 Å². The van der Waals surface area contributed by atoms with Gasteiger partial charge >= 0.3 is 0 Å². The Hall–Kier alpha value is -0.543. The third-order valence-electron chi connectivity index (χ3n) is 4.15. The molecule has 0 amide bonds. The summed E-state index contributed by atoms with van der Waals surface area (Å²) in [4.78, 5) is 0. The number of allylic oxidation sites excluding steroid dienone is 1. The van der Waals surface area contributed by atoms with E-state index in [1.54, 1.807) is 6.26 Å². The lowest BCUT2D eigenvalue weighted by Crippen LogP contribution is -2.39. The van der Waals surface area contributed by atoms with Crippen molar-refractivity contribution in [2.24, 2.45) is 5.92 Å². The Bertz CT molecular complexity index is 313. The number of unbranched alkanes of at least 4 members (excludes halogenated alkanes) is 2. The molecule has 0 radical (unpaired) electrons. The van der Waals surface area contributed by atoms with Crippen molar-refractivity contribution in [2.45, 2.75) is 78.1 Å². The molecular weight excluding hydrogens is 264 g/mol. The monoisotopic (exact) mass is 298 g/mol. The number of hydrogen-bond acceptors (Lipinski definition) is 2. The van der Waals surface area contributed by atoms with Crippen LogP contribution in [0, 0.1) is 5.92 Å². The lowest BCUT2D eigenvalue weighted by atomic mass is 10.0. The number of rotatable bonds is 8. The van der Waals surface area contributed by atoms with E-state index < -0.39 is 14.4 Å². The topological polar surface area (TPSA) is 29.5 Å². The quantitative estimate of drug-likeness (QED) is 0.286. The zero-order valence-electron chi connectivity index (χ0n) is 14.4. The van der Waals surface area contributed by atoms with Crippen molar-refractivity contribution in [3.8, 4) is 0 Å². The van der Waals surface area contributed by atoms with E-state index in [4.69, 9.17) is 4.43 Å². The number of hydrogen-bond donors (Lipinski definition) is 1. The molecular formula is C17H34O2Si. The molecule has 2 nitrogen and oxygen atoms in total. The maximum Gasteiger partial charge on any atom is 0.249 e. The number of aliphatic hydroxyl groups is 1. The molecule has 0 bridgehead atoms. The molecule has 0 spiro atoms. The van der Waals surface area contributed by atoms with Gasteiger partial charge in [-0.15, -0.1) is 0 Å². The summed E-state index contributed by atoms with van der Waals surface area (Å²) in [7, 11) is -1.73. The normalized spacial score (nSPS) is 16.8. The molecule has 0 aliphatic heterocycles. The van der Waals surface area contributed by atoms with Crippen LogP contribution in [0.1, 0.15) is 53.9 Å². The van der Waals surface area contributed by atoms with Crippen LogP contribution >= 0.6 is 0 Å². The molecule has 2 atom stereocenters. The summed E-state index contributed by atoms with van der Waals surface area (Å²) < 4.78 is 5.98. The molecule has 3 heteroatoms. The van der Waals surface area contributed by atoms with E-state index in [0.29, 0.717) is 0 Å². The molecule has 118 valence electrons. The number of aliphatic hydroxyl groups excluding tert-OH is 1. The zero-order valence-corrected chi connectivity index (χ0v) is 15.4. The van der Waals surface area contributed by atoms with Gasteiger partial charge in [0, 0.05) is 5.92 Å². The fourth-order valence-corrected chi connectivity index (χ4v) is 2.13. The van der Waals surface area contributed by atoms with Crippen LogP contribution in [0.4, 0.5) is 0 Å². The first kappa shape index (κ1) is 19.5. The van der Waals surface area contributed by atoms with Crippen molar-refractivity contribution in [1.82, 2.24) is 0 Å². The van der Waals surface area contributed by atoms with Gasteiger partial charge in [-0.3, -0.25) is 0 Å². The molecule has 0 heterocycles. The Balaban J connectivity index is 4.29. The highest BCUT2D eigenvalue weighted by Gasteiger charge is 2.37. The summed E-state index contributed by atoms with van der Waals surface area (Å²) in [6, 6.07) is 0. The Morgan fingerprint density at radius 1 is 1.20 bits per heavy atom. The van der Waals surface area contributed by atoms with Crippen molar-refractivity contribution in [3.63, 3.8) is 0 Å². The second-order valence-corrected chi connectivity index (χ2v) is 11.9. The summed E-state index contributed by atoms with van der Waals surface area (Å²) in [5, 5.41) is 10.2. The van der Waals surface area contributed by atoms with Crippen LogP contribution < -0.4 is 0 Å². The fraction of sp³-hybridized carbons (Fsp3) is 0.765. The third kappa shape index (κ3) is 7.30. The first-order valence-electron chi connectivity index (χ1n) is 7.81. The maximum atomic E-state index is 10.0. The Labute approximate surface area is 127 Å². The molecule has 0 saturated carbocycles. The van der Waals surface area contributed by atoms with Gasteiger partial charge in [-0.25, -0.2) is 0 Å². The molecule has 0 saturated heterocycles. The largest absolute Gasteiger partial charge is 0.549 e.